The van der Waals surface area contributed by atoms with Crippen LogP contribution in [-0.4, -0.2) is 30.7 Å². The Labute approximate surface area is 150 Å². The topological polar surface area (TPSA) is 21.7 Å². The monoisotopic (exact) mass is 337 g/mol. The molecule has 2 aliphatic rings. The molecular formula is C22H27NO2. The van der Waals surface area contributed by atoms with Gasteiger partial charge in [0.25, 0.3) is 0 Å². The molecule has 0 bridgehead atoms. The van der Waals surface area contributed by atoms with Crippen molar-refractivity contribution in [3.63, 3.8) is 0 Å². The normalized spacial score (nSPS) is 19.4. The molecule has 132 valence electrons. The van der Waals surface area contributed by atoms with Crippen LogP contribution < -0.4 is 4.74 Å². The second-order valence-corrected chi connectivity index (χ2v) is 7.02. The lowest BCUT2D eigenvalue weighted by Gasteiger charge is -2.36. The first-order chi connectivity index (χ1) is 12.3. The van der Waals surface area contributed by atoms with Crippen LogP contribution in [0.4, 0.5) is 0 Å². The molecule has 0 amide bonds. The fourth-order valence-corrected chi connectivity index (χ4v) is 3.84. The first-order valence-electron chi connectivity index (χ1n) is 9.51. The lowest BCUT2D eigenvalue weighted by molar-refractivity contribution is 0.0911. The van der Waals surface area contributed by atoms with Crippen molar-refractivity contribution in [1.29, 1.82) is 0 Å². The molecule has 1 fully saturated rings. The molecule has 0 saturated heterocycles. The zero-order chi connectivity index (χ0) is 17.1. The number of rotatable bonds is 5. The third kappa shape index (κ3) is 3.58. The van der Waals surface area contributed by atoms with Crippen LogP contribution >= 0.6 is 0 Å². The van der Waals surface area contributed by atoms with Crippen LogP contribution in [0.25, 0.3) is 0 Å². The van der Waals surface area contributed by atoms with Gasteiger partial charge in [0.2, 0.25) is 0 Å². The summed E-state index contributed by atoms with van der Waals surface area (Å²) in [4.78, 5) is 2.59. The van der Waals surface area contributed by atoms with Gasteiger partial charge in [-0.1, -0.05) is 42.8 Å². The summed E-state index contributed by atoms with van der Waals surface area (Å²) >= 11 is 0. The lowest BCUT2D eigenvalue weighted by atomic mass is 9.91. The Kier molecular flexibility index (Phi) is 5.04. The molecule has 1 atom stereocenters. The summed E-state index contributed by atoms with van der Waals surface area (Å²) in [5.41, 5.74) is 3.71. The zero-order valence-corrected chi connectivity index (χ0v) is 15.0. The molecule has 0 unspecified atom stereocenters. The molecule has 0 aromatic heterocycles. The quantitative estimate of drug-likeness (QED) is 0.798. The van der Waals surface area contributed by atoms with Gasteiger partial charge in [-0.3, -0.25) is 4.90 Å². The molecule has 0 N–H and O–H groups in total. The van der Waals surface area contributed by atoms with Gasteiger partial charge in [-0.05, 0) is 43.0 Å². The Balaban J connectivity index is 1.63. The molecule has 3 nitrogen and oxygen atoms in total. The molecular weight excluding hydrogens is 310 g/mol. The fourth-order valence-electron chi connectivity index (χ4n) is 3.84. The number of benzene rings is 2. The van der Waals surface area contributed by atoms with Gasteiger partial charge in [0.15, 0.2) is 0 Å². The van der Waals surface area contributed by atoms with E-state index in [1.54, 1.807) is 0 Å². The minimum atomic E-state index is -0.0168. The Morgan fingerprint density at radius 2 is 1.96 bits per heavy atom. The van der Waals surface area contributed by atoms with Crippen LogP contribution in [0.1, 0.15) is 49.0 Å². The molecule has 0 spiro atoms. The fraction of sp³-hybridized carbons (Fsp3) is 0.455. The van der Waals surface area contributed by atoms with Crippen LogP contribution in [0.15, 0.2) is 48.5 Å². The third-order valence-electron chi connectivity index (χ3n) is 5.42. The highest BCUT2D eigenvalue weighted by Gasteiger charge is 2.27. The maximum Gasteiger partial charge on any atom is 0.123 e. The van der Waals surface area contributed by atoms with Gasteiger partial charge in [-0.15, -0.1) is 0 Å². The third-order valence-corrected chi connectivity index (χ3v) is 5.42. The summed E-state index contributed by atoms with van der Waals surface area (Å²) < 4.78 is 12.1. The Bertz CT molecular complexity index is 696. The number of hydrogen-bond donors (Lipinski definition) is 0. The van der Waals surface area contributed by atoms with E-state index in [2.05, 4.69) is 54.3 Å². The largest absolute Gasteiger partial charge is 0.492 e. The summed E-state index contributed by atoms with van der Waals surface area (Å²) in [6.07, 6.45) is 4.02. The van der Waals surface area contributed by atoms with E-state index in [0.717, 1.165) is 31.5 Å². The number of fused-ring (bicyclic) bond motifs is 1. The van der Waals surface area contributed by atoms with Gasteiger partial charge < -0.3 is 9.47 Å². The van der Waals surface area contributed by atoms with Crippen LogP contribution in [0.3, 0.4) is 0 Å². The van der Waals surface area contributed by atoms with Crippen molar-refractivity contribution >= 4 is 0 Å². The highest BCUT2D eigenvalue weighted by atomic mass is 16.5. The average molecular weight is 337 g/mol. The Hall–Kier alpha value is -1.84. The van der Waals surface area contributed by atoms with Crippen molar-refractivity contribution in [3.05, 3.63) is 65.2 Å². The van der Waals surface area contributed by atoms with Gasteiger partial charge in [-0.25, -0.2) is 0 Å². The predicted molar refractivity (Wildman–Crippen MR) is 99.9 cm³/mol. The van der Waals surface area contributed by atoms with Crippen molar-refractivity contribution < 1.29 is 9.47 Å². The standard InChI is InChI=1S/C22H27NO2/c1-2-24-22(17-7-4-3-5-8-17)18-11-12-21-19(15-18)16-23(13-14-25-21)20-9-6-10-20/h3-5,7-8,11-12,15,20,22H,2,6,9-10,13-14,16H2,1H3/t22-/m1/s1. The molecule has 4 rings (SSSR count). The molecule has 0 radical (unpaired) electrons. The van der Waals surface area contributed by atoms with Crippen LogP contribution in [0.2, 0.25) is 0 Å². The van der Waals surface area contributed by atoms with Gasteiger partial charge in [0.05, 0.1) is 0 Å². The first kappa shape index (κ1) is 16.6. The van der Waals surface area contributed by atoms with Crippen LogP contribution in [0.5, 0.6) is 5.75 Å². The number of ether oxygens (including phenoxy) is 2. The summed E-state index contributed by atoms with van der Waals surface area (Å²) in [6, 6.07) is 17.8. The van der Waals surface area contributed by atoms with Gasteiger partial charge >= 0.3 is 0 Å². The highest BCUT2D eigenvalue weighted by molar-refractivity contribution is 5.41. The van der Waals surface area contributed by atoms with E-state index < -0.39 is 0 Å². The molecule has 2 aromatic rings. The number of hydrogen-bond acceptors (Lipinski definition) is 3. The van der Waals surface area contributed by atoms with E-state index in [1.807, 2.05) is 6.07 Å². The minimum absolute atomic E-state index is 0.0168. The Morgan fingerprint density at radius 3 is 2.68 bits per heavy atom. The predicted octanol–water partition coefficient (Wildman–Crippen LogP) is 4.56. The van der Waals surface area contributed by atoms with Crippen LogP contribution in [-0.2, 0) is 11.3 Å². The summed E-state index contributed by atoms with van der Waals surface area (Å²) in [5.74, 6) is 1.04. The molecule has 1 aliphatic heterocycles. The smallest absolute Gasteiger partial charge is 0.123 e. The summed E-state index contributed by atoms with van der Waals surface area (Å²) in [6.45, 7) is 5.56. The first-order valence-corrected chi connectivity index (χ1v) is 9.51. The average Bonchev–Trinajstić information content (AvgIpc) is 2.80. The van der Waals surface area contributed by atoms with E-state index in [4.69, 9.17) is 9.47 Å². The second-order valence-electron chi connectivity index (χ2n) is 7.02. The zero-order valence-electron chi connectivity index (χ0n) is 15.0. The van der Waals surface area contributed by atoms with Gasteiger partial charge in [0, 0.05) is 31.3 Å². The summed E-state index contributed by atoms with van der Waals surface area (Å²) in [7, 11) is 0. The Morgan fingerprint density at radius 1 is 1.12 bits per heavy atom. The van der Waals surface area contributed by atoms with Crippen molar-refractivity contribution in [2.75, 3.05) is 19.8 Å². The summed E-state index contributed by atoms with van der Waals surface area (Å²) in [5, 5.41) is 0. The minimum Gasteiger partial charge on any atom is -0.492 e. The van der Waals surface area contributed by atoms with Gasteiger partial charge in [-0.2, -0.15) is 0 Å². The van der Waals surface area contributed by atoms with E-state index >= 15 is 0 Å². The SMILES string of the molecule is CCO[C@H](c1ccccc1)c1ccc2c(c1)CN(C1CCC1)CCO2. The maximum absolute atomic E-state index is 6.09. The molecule has 1 aliphatic carbocycles. The van der Waals surface area contributed by atoms with Crippen molar-refractivity contribution in [3.8, 4) is 5.75 Å². The van der Waals surface area contributed by atoms with Gasteiger partial charge in [0.1, 0.15) is 18.5 Å². The molecule has 1 saturated carbocycles. The maximum atomic E-state index is 6.09. The van der Waals surface area contributed by atoms with E-state index in [0.29, 0.717) is 6.61 Å². The second kappa shape index (κ2) is 7.59. The number of nitrogens with zero attached hydrogens (tertiary/aromatic N) is 1. The highest BCUT2D eigenvalue weighted by Crippen LogP contribution is 2.34. The lowest BCUT2D eigenvalue weighted by Crippen LogP contribution is -2.40. The van der Waals surface area contributed by atoms with Crippen molar-refractivity contribution in [2.24, 2.45) is 0 Å². The van der Waals surface area contributed by atoms with Crippen LogP contribution in [0, 0.1) is 0 Å². The van der Waals surface area contributed by atoms with Crippen molar-refractivity contribution in [1.82, 2.24) is 4.90 Å². The van der Waals surface area contributed by atoms with Crippen molar-refractivity contribution in [2.45, 2.75) is 44.9 Å². The molecule has 25 heavy (non-hydrogen) atoms. The molecule has 3 heteroatoms. The molecule has 1 heterocycles. The van der Waals surface area contributed by atoms with E-state index in [9.17, 15) is 0 Å². The van der Waals surface area contributed by atoms with E-state index in [-0.39, 0.29) is 6.10 Å². The van der Waals surface area contributed by atoms with E-state index in [1.165, 1.54) is 36.0 Å². The molecule has 2 aromatic carbocycles.